The number of esters is 1. The highest BCUT2D eigenvalue weighted by Crippen LogP contribution is 2.34. The Bertz CT molecular complexity index is 560. The SMILES string of the molecule is COC(=O)CC/C=C\C[C@H]1CO[C@@H](c2ccccc2Cl)O[C@H]1CO. The van der Waals surface area contributed by atoms with Crippen LogP contribution in [-0.4, -0.2) is 37.5 Å². The topological polar surface area (TPSA) is 65.0 Å². The molecule has 0 unspecified atom stereocenters. The molecule has 5 nitrogen and oxygen atoms in total. The van der Waals surface area contributed by atoms with E-state index in [2.05, 4.69) is 4.74 Å². The van der Waals surface area contributed by atoms with Gasteiger partial charge in [0.05, 0.1) is 26.4 Å². The van der Waals surface area contributed by atoms with E-state index in [1.54, 1.807) is 6.07 Å². The number of methoxy groups -OCH3 is 1. The molecule has 3 atom stereocenters. The standard InChI is InChI=1S/C18H23ClO5/c1-22-17(21)10-4-2-3-7-13-12-23-18(24-16(13)11-20)14-8-5-6-9-15(14)19/h2-3,5-6,8-9,13,16,18,20H,4,7,10-12H2,1H3/b3-2-/t13-,16-,18+/m0/s1. The zero-order chi connectivity index (χ0) is 17.4. The highest BCUT2D eigenvalue weighted by Gasteiger charge is 2.32. The third-order valence-electron chi connectivity index (χ3n) is 3.97. The molecule has 1 heterocycles. The maximum absolute atomic E-state index is 11.0. The Hall–Kier alpha value is -1.40. The van der Waals surface area contributed by atoms with E-state index in [4.69, 9.17) is 21.1 Å². The number of carbonyl (C=O) groups excluding carboxylic acids is 1. The molecule has 0 saturated carbocycles. The van der Waals surface area contributed by atoms with Crippen LogP contribution in [0.25, 0.3) is 0 Å². The van der Waals surface area contributed by atoms with Gasteiger partial charge in [-0.1, -0.05) is 42.0 Å². The highest BCUT2D eigenvalue weighted by atomic mass is 35.5. The van der Waals surface area contributed by atoms with Crippen molar-refractivity contribution >= 4 is 17.6 Å². The Morgan fingerprint density at radius 3 is 2.92 bits per heavy atom. The quantitative estimate of drug-likeness (QED) is 0.601. The molecule has 0 aromatic heterocycles. The summed E-state index contributed by atoms with van der Waals surface area (Å²) in [5.41, 5.74) is 0.768. The number of carbonyl (C=O) groups is 1. The molecule has 0 spiro atoms. The molecule has 1 aromatic rings. The van der Waals surface area contributed by atoms with Crippen LogP contribution in [0.1, 0.15) is 31.1 Å². The summed E-state index contributed by atoms with van der Waals surface area (Å²) in [6.45, 7) is 0.396. The molecular formula is C18H23ClO5. The van der Waals surface area contributed by atoms with Gasteiger partial charge in [-0.2, -0.15) is 0 Å². The second kappa shape index (κ2) is 9.79. The molecule has 2 rings (SSSR count). The molecule has 1 saturated heterocycles. The minimum Gasteiger partial charge on any atom is -0.469 e. The van der Waals surface area contributed by atoms with Crippen molar-refractivity contribution in [2.45, 2.75) is 31.7 Å². The van der Waals surface area contributed by atoms with Gasteiger partial charge in [0.15, 0.2) is 6.29 Å². The van der Waals surface area contributed by atoms with E-state index in [-0.39, 0.29) is 24.6 Å². The molecule has 0 bridgehead atoms. The van der Waals surface area contributed by atoms with Gasteiger partial charge in [-0.05, 0) is 18.9 Å². The zero-order valence-corrected chi connectivity index (χ0v) is 14.4. The summed E-state index contributed by atoms with van der Waals surface area (Å²) in [5.74, 6) is -0.164. The van der Waals surface area contributed by atoms with E-state index in [0.717, 1.165) is 5.56 Å². The van der Waals surface area contributed by atoms with Crippen molar-refractivity contribution in [3.8, 4) is 0 Å². The smallest absolute Gasteiger partial charge is 0.305 e. The van der Waals surface area contributed by atoms with Crippen molar-refractivity contribution in [3.05, 3.63) is 47.0 Å². The Morgan fingerprint density at radius 1 is 1.42 bits per heavy atom. The van der Waals surface area contributed by atoms with Crippen LogP contribution in [0.5, 0.6) is 0 Å². The Balaban J connectivity index is 1.85. The normalized spacial score (nSPS) is 24.2. The van der Waals surface area contributed by atoms with Gasteiger partial charge in [-0.15, -0.1) is 0 Å². The van der Waals surface area contributed by atoms with Crippen molar-refractivity contribution in [2.75, 3.05) is 20.3 Å². The maximum atomic E-state index is 11.0. The number of ether oxygens (including phenoxy) is 3. The fourth-order valence-electron chi connectivity index (χ4n) is 2.56. The van der Waals surface area contributed by atoms with Gasteiger partial charge in [0.1, 0.15) is 0 Å². The molecule has 1 aromatic carbocycles. The lowest BCUT2D eigenvalue weighted by Gasteiger charge is -2.35. The molecule has 1 aliphatic heterocycles. The monoisotopic (exact) mass is 354 g/mol. The van der Waals surface area contributed by atoms with E-state index >= 15 is 0 Å². The molecule has 0 radical (unpaired) electrons. The Morgan fingerprint density at radius 2 is 2.21 bits per heavy atom. The van der Waals surface area contributed by atoms with Crippen molar-refractivity contribution in [3.63, 3.8) is 0 Å². The Labute approximate surface area is 147 Å². The molecule has 0 aliphatic carbocycles. The Kier molecular flexibility index (Phi) is 7.72. The van der Waals surface area contributed by atoms with Gasteiger partial charge >= 0.3 is 5.97 Å². The fraction of sp³-hybridized carbons (Fsp3) is 0.500. The summed E-state index contributed by atoms with van der Waals surface area (Å²) >= 11 is 6.17. The van der Waals surface area contributed by atoms with E-state index in [9.17, 15) is 9.90 Å². The number of aliphatic hydroxyl groups excluding tert-OH is 1. The van der Waals surface area contributed by atoms with Crippen molar-refractivity contribution in [1.29, 1.82) is 0 Å². The largest absolute Gasteiger partial charge is 0.469 e. The summed E-state index contributed by atoms with van der Waals surface area (Å²) in [6, 6.07) is 7.36. The third kappa shape index (κ3) is 5.31. The number of hydrogen-bond acceptors (Lipinski definition) is 5. The van der Waals surface area contributed by atoms with E-state index < -0.39 is 6.29 Å². The maximum Gasteiger partial charge on any atom is 0.305 e. The van der Waals surface area contributed by atoms with Crippen LogP contribution in [0.2, 0.25) is 5.02 Å². The summed E-state index contributed by atoms with van der Waals surface area (Å²) in [4.78, 5) is 11.0. The molecule has 6 heteroatoms. The van der Waals surface area contributed by atoms with Gasteiger partial charge in [0, 0.05) is 22.9 Å². The fourth-order valence-corrected chi connectivity index (χ4v) is 2.79. The minimum absolute atomic E-state index is 0.0584. The summed E-state index contributed by atoms with van der Waals surface area (Å²) in [6.07, 6.45) is 4.75. The van der Waals surface area contributed by atoms with Crippen molar-refractivity contribution in [1.82, 2.24) is 0 Å². The predicted molar refractivity (Wildman–Crippen MR) is 90.6 cm³/mol. The first-order chi connectivity index (χ1) is 11.7. The van der Waals surface area contributed by atoms with Crippen molar-refractivity contribution < 1.29 is 24.1 Å². The van der Waals surface area contributed by atoms with Crippen LogP contribution in [0.3, 0.4) is 0 Å². The van der Waals surface area contributed by atoms with Gasteiger partial charge in [0.25, 0.3) is 0 Å². The first-order valence-corrected chi connectivity index (χ1v) is 8.37. The lowest BCUT2D eigenvalue weighted by atomic mass is 9.98. The van der Waals surface area contributed by atoms with Gasteiger partial charge < -0.3 is 19.3 Å². The molecule has 0 amide bonds. The number of benzene rings is 1. The average molecular weight is 355 g/mol. The van der Waals surface area contributed by atoms with Crippen LogP contribution in [0, 0.1) is 5.92 Å². The summed E-state index contributed by atoms with van der Waals surface area (Å²) in [5, 5.41) is 10.2. The van der Waals surface area contributed by atoms with Gasteiger partial charge in [-0.25, -0.2) is 0 Å². The number of aliphatic hydroxyl groups is 1. The molecular weight excluding hydrogens is 332 g/mol. The van der Waals surface area contributed by atoms with Crippen LogP contribution in [0.4, 0.5) is 0 Å². The molecule has 24 heavy (non-hydrogen) atoms. The molecule has 1 aliphatic rings. The zero-order valence-electron chi connectivity index (χ0n) is 13.7. The number of halogens is 1. The van der Waals surface area contributed by atoms with Gasteiger partial charge in [-0.3, -0.25) is 4.79 Å². The predicted octanol–water partition coefficient (Wildman–Crippen LogP) is 3.26. The lowest BCUT2D eigenvalue weighted by molar-refractivity contribution is -0.247. The number of rotatable bonds is 7. The third-order valence-corrected chi connectivity index (χ3v) is 4.32. The van der Waals surface area contributed by atoms with E-state index in [1.807, 2.05) is 30.4 Å². The first kappa shape index (κ1) is 18.9. The summed E-state index contributed by atoms with van der Waals surface area (Å²) < 4.78 is 16.2. The number of hydrogen-bond donors (Lipinski definition) is 1. The molecule has 1 N–H and O–H groups in total. The van der Waals surface area contributed by atoms with Crippen LogP contribution in [-0.2, 0) is 19.0 Å². The van der Waals surface area contributed by atoms with Crippen LogP contribution >= 0.6 is 11.6 Å². The molecule has 1 fully saturated rings. The summed E-state index contributed by atoms with van der Waals surface area (Å²) in [7, 11) is 1.38. The second-order valence-electron chi connectivity index (χ2n) is 5.63. The average Bonchev–Trinajstić information content (AvgIpc) is 2.61. The minimum atomic E-state index is -0.560. The lowest BCUT2D eigenvalue weighted by Crippen LogP contribution is -2.38. The second-order valence-corrected chi connectivity index (χ2v) is 6.03. The van der Waals surface area contributed by atoms with E-state index in [0.29, 0.717) is 30.9 Å². The van der Waals surface area contributed by atoms with Crippen LogP contribution in [0.15, 0.2) is 36.4 Å². The van der Waals surface area contributed by atoms with Crippen LogP contribution < -0.4 is 0 Å². The highest BCUT2D eigenvalue weighted by molar-refractivity contribution is 6.31. The van der Waals surface area contributed by atoms with E-state index in [1.165, 1.54) is 7.11 Å². The molecule has 132 valence electrons. The number of allylic oxidation sites excluding steroid dienone is 2. The first-order valence-electron chi connectivity index (χ1n) is 7.99. The van der Waals surface area contributed by atoms with Gasteiger partial charge in [0.2, 0.25) is 0 Å². The van der Waals surface area contributed by atoms with Crippen molar-refractivity contribution in [2.24, 2.45) is 5.92 Å².